The van der Waals surface area contributed by atoms with Crippen LogP contribution >= 0.6 is 0 Å². The van der Waals surface area contributed by atoms with Crippen molar-refractivity contribution in [2.45, 2.75) is 26.0 Å². The Morgan fingerprint density at radius 3 is 2.47 bits per heavy atom. The highest BCUT2D eigenvalue weighted by molar-refractivity contribution is 5.53. The molecule has 0 amide bonds. The quantitative estimate of drug-likeness (QED) is 0.868. The number of aliphatic hydroxyl groups excluding tert-OH is 1. The summed E-state index contributed by atoms with van der Waals surface area (Å²) in [5, 5.41) is 13.0. The molecule has 0 aliphatic heterocycles. The Hall–Kier alpha value is -1.87. The van der Waals surface area contributed by atoms with E-state index in [4.69, 9.17) is 0 Å². The van der Waals surface area contributed by atoms with Crippen molar-refractivity contribution in [3.63, 3.8) is 0 Å². The van der Waals surface area contributed by atoms with E-state index >= 15 is 0 Å². The van der Waals surface area contributed by atoms with Crippen LogP contribution in [0.15, 0.2) is 48.5 Å². The first-order chi connectivity index (χ1) is 9.08. The summed E-state index contributed by atoms with van der Waals surface area (Å²) in [6.45, 7) is 3.70. The van der Waals surface area contributed by atoms with Crippen molar-refractivity contribution in [2.75, 3.05) is 5.32 Å². The highest BCUT2D eigenvalue weighted by Crippen LogP contribution is 2.26. The number of rotatable bonds is 4. The summed E-state index contributed by atoms with van der Waals surface area (Å²) in [4.78, 5) is 0. The van der Waals surface area contributed by atoms with Gasteiger partial charge in [0.25, 0.3) is 0 Å². The molecule has 0 aromatic heterocycles. The number of benzene rings is 2. The lowest BCUT2D eigenvalue weighted by atomic mass is 10.0. The van der Waals surface area contributed by atoms with E-state index < -0.39 is 6.10 Å². The normalized spacial score (nSPS) is 13.9. The minimum Gasteiger partial charge on any atom is -0.389 e. The van der Waals surface area contributed by atoms with Crippen molar-refractivity contribution < 1.29 is 9.50 Å². The fourth-order valence-electron chi connectivity index (χ4n) is 2.09. The van der Waals surface area contributed by atoms with Gasteiger partial charge in [-0.25, -0.2) is 4.39 Å². The van der Waals surface area contributed by atoms with E-state index in [0.717, 1.165) is 16.8 Å². The largest absolute Gasteiger partial charge is 0.389 e. The molecule has 2 aromatic rings. The number of aliphatic hydroxyl groups is 1. The van der Waals surface area contributed by atoms with Crippen LogP contribution in [0.25, 0.3) is 0 Å². The summed E-state index contributed by atoms with van der Waals surface area (Å²) in [5.74, 6) is -0.241. The van der Waals surface area contributed by atoms with Crippen LogP contribution in [-0.2, 0) is 0 Å². The summed E-state index contributed by atoms with van der Waals surface area (Å²) >= 11 is 0. The molecule has 2 atom stereocenters. The van der Waals surface area contributed by atoms with Gasteiger partial charge in [0.05, 0.1) is 6.10 Å². The minimum atomic E-state index is -0.539. The molecule has 0 saturated heterocycles. The van der Waals surface area contributed by atoms with Gasteiger partial charge in [0.15, 0.2) is 0 Å². The summed E-state index contributed by atoms with van der Waals surface area (Å²) in [6, 6.07) is 14.1. The molecule has 2 aromatic carbocycles. The molecular formula is C16H18FNO. The molecular weight excluding hydrogens is 241 g/mol. The van der Waals surface area contributed by atoms with Crippen LogP contribution in [0, 0.1) is 5.82 Å². The molecule has 0 saturated carbocycles. The van der Waals surface area contributed by atoms with Crippen molar-refractivity contribution in [1.29, 1.82) is 0 Å². The number of halogens is 1. The van der Waals surface area contributed by atoms with E-state index in [-0.39, 0.29) is 11.9 Å². The molecule has 0 heterocycles. The molecule has 0 aliphatic carbocycles. The standard InChI is InChI=1S/C16H18FNO/c1-11(13-6-5-7-14(17)10-13)18-16-9-4-3-8-15(16)12(2)19/h3-12,18-19H,1-2H3. The zero-order valence-electron chi connectivity index (χ0n) is 11.1. The van der Waals surface area contributed by atoms with Gasteiger partial charge in [-0.1, -0.05) is 30.3 Å². The van der Waals surface area contributed by atoms with E-state index in [1.807, 2.05) is 37.3 Å². The average molecular weight is 259 g/mol. The van der Waals surface area contributed by atoms with Crippen molar-refractivity contribution in [2.24, 2.45) is 0 Å². The Kier molecular flexibility index (Phi) is 4.17. The number of para-hydroxylation sites is 1. The second-order valence-electron chi connectivity index (χ2n) is 4.68. The predicted octanol–water partition coefficient (Wildman–Crippen LogP) is 4.05. The summed E-state index contributed by atoms with van der Waals surface area (Å²) in [7, 11) is 0. The first-order valence-corrected chi connectivity index (χ1v) is 6.37. The Morgan fingerprint density at radius 1 is 1.05 bits per heavy atom. The number of anilines is 1. The van der Waals surface area contributed by atoms with Crippen molar-refractivity contribution >= 4 is 5.69 Å². The SMILES string of the molecule is CC(O)c1ccccc1NC(C)c1cccc(F)c1. The van der Waals surface area contributed by atoms with E-state index in [2.05, 4.69) is 5.32 Å². The minimum absolute atomic E-state index is 0.0319. The van der Waals surface area contributed by atoms with Crippen LogP contribution in [-0.4, -0.2) is 5.11 Å². The van der Waals surface area contributed by atoms with Gasteiger partial charge in [0, 0.05) is 17.3 Å². The van der Waals surface area contributed by atoms with Crippen LogP contribution in [0.5, 0.6) is 0 Å². The lowest BCUT2D eigenvalue weighted by molar-refractivity contribution is 0.200. The fraction of sp³-hybridized carbons (Fsp3) is 0.250. The lowest BCUT2D eigenvalue weighted by Crippen LogP contribution is -2.09. The van der Waals surface area contributed by atoms with Crippen molar-refractivity contribution in [3.8, 4) is 0 Å². The molecule has 2 nitrogen and oxygen atoms in total. The Bertz CT molecular complexity index is 554. The second-order valence-corrected chi connectivity index (χ2v) is 4.68. The zero-order chi connectivity index (χ0) is 13.8. The van der Waals surface area contributed by atoms with Gasteiger partial charge in [-0.3, -0.25) is 0 Å². The van der Waals surface area contributed by atoms with Crippen LogP contribution in [0.1, 0.15) is 37.1 Å². The number of hydrogen-bond acceptors (Lipinski definition) is 2. The Morgan fingerprint density at radius 2 is 1.79 bits per heavy atom. The first-order valence-electron chi connectivity index (χ1n) is 6.37. The highest BCUT2D eigenvalue weighted by Gasteiger charge is 2.11. The van der Waals surface area contributed by atoms with Crippen LogP contribution in [0.4, 0.5) is 10.1 Å². The topological polar surface area (TPSA) is 32.3 Å². The molecule has 0 spiro atoms. The molecule has 0 fully saturated rings. The Balaban J connectivity index is 2.22. The van der Waals surface area contributed by atoms with Crippen LogP contribution in [0.3, 0.4) is 0 Å². The second kappa shape index (κ2) is 5.85. The molecule has 0 bridgehead atoms. The van der Waals surface area contributed by atoms with Gasteiger partial charge in [0.1, 0.15) is 5.82 Å². The van der Waals surface area contributed by atoms with E-state index in [0.29, 0.717) is 0 Å². The summed E-state index contributed by atoms with van der Waals surface area (Å²) in [5.41, 5.74) is 2.58. The molecule has 0 radical (unpaired) electrons. The molecule has 2 unspecified atom stereocenters. The van der Waals surface area contributed by atoms with Gasteiger partial charge in [-0.05, 0) is 37.6 Å². The maximum atomic E-state index is 13.2. The monoisotopic (exact) mass is 259 g/mol. The third-order valence-corrected chi connectivity index (χ3v) is 3.13. The molecule has 100 valence electrons. The molecule has 2 N–H and O–H groups in total. The van der Waals surface area contributed by atoms with E-state index in [1.165, 1.54) is 12.1 Å². The van der Waals surface area contributed by atoms with E-state index in [9.17, 15) is 9.50 Å². The molecule has 3 heteroatoms. The van der Waals surface area contributed by atoms with Gasteiger partial charge in [0.2, 0.25) is 0 Å². The van der Waals surface area contributed by atoms with Crippen LogP contribution < -0.4 is 5.32 Å². The van der Waals surface area contributed by atoms with Gasteiger partial charge < -0.3 is 10.4 Å². The summed E-state index contributed by atoms with van der Waals surface area (Å²) in [6.07, 6.45) is -0.539. The zero-order valence-corrected chi connectivity index (χ0v) is 11.1. The third-order valence-electron chi connectivity index (χ3n) is 3.13. The van der Waals surface area contributed by atoms with Crippen molar-refractivity contribution in [1.82, 2.24) is 0 Å². The first kappa shape index (κ1) is 13.6. The van der Waals surface area contributed by atoms with Gasteiger partial charge in [-0.15, -0.1) is 0 Å². The molecule has 19 heavy (non-hydrogen) atoms. The maximum Gasteiger partial charge on any atom is 0.123 e. The van der Waals surface area contributed by atoms with Gasteiger partial charge >= 0.3 is 0 Å². The van der Waals surface area contributed by atoms with E-state index in [1.54, 1.807) is 13.0 Å². The number of hydrogen-bond donors (Lipinski definition) is 2. The maximum absolute atomic E-state index is 13.2. The highest BCUT2D eigenvalue weighted by atomic mass is 19.1. The third kappa shape index (κ3) is 3.32. The smallest absolute Gasteiger partial charge is 0.123 e. The molecule has 2 rings (SSSR count). The lowest BCUT2D eigenvalue weighted by Gasteiger charge is -2.19. The Labute approximate surface area is 112 Å². The van der Waals surface area contributed by atoms with Crippen molar-refractivity contribution in [3.05, 3.63) is 65.5 Å². The average Bonchev–Trinajstić information content (AvgIpc) is 2.39. The van der Waals surface area contributed by atoms with Gasteiger partial charge in [-0.2, -0.15) is 0 Å². The summed E-state index contributed by atoms with van der Waals surface area (Å²) < 4.78 is 13.2. The van der Waals surface area contributed by atoms with Crippen LogP contribution in [0.2, 0.25) is 0 Å². The predicted molar refractivity (Wildman–Crippen MR) is 75.5 cm³/mol. The number of nitrogens with one attached hydrogen (secondary N) is 1. The molecule has 0 aliphatic rings. The fourth-order valence-corrected chi connectivity index (χ4v) is 2.09.